The van der Waals surface area contributed by atoms with E-state index in [1.807, 2.05) is 50.2 Å². The van der Waals surface area contributed by atoms with E-state index in [4.69, 9.17) is 11.6 Å². The van der Waals surface area contributed by atoms with E-state index < -0.39 is 0 Å². The van der Waals surface area contributed by atoms with Crippen molar-refractivity contribution in [3.05, 3.63) is 64.2 Å². The molecule has 2 aromatic rings. The molecule has 5 heteroatoms. The Labute approximate surface area is 140 Å². The Morgan fingerprint density at radius 2 is 1.65 bits per heavy atom. The number of hydrogen-bond acceptors (Lipinski definition) is 2. The first-order valence-electron chi connectivity index (χ1n) is 7.32. The summed E-state index contributed by atoms with van der Waals surface area (Å²) in [6, 6.07) is 13.0. The van der Waals surface area contributed by atoms with Gasteiger partial charge < -0.3 is 10.6 Å². The Morgan fingerprint density at radius 3 is 2.30 bits per heavy atom. The van der Waals surface area contributed by atoms with Gasteiger partial charge in [0, 0.05) is 17.3 Å². The molecule has 2 rings (SSSR count). The predicted octanol–water partition coefficient (Wildman–Crippen LogP) is 3.60. The van der Waals surface area contributed by atoms with Crippen LogP contribution in [-0.2, 0) is 16.1 Å². The molecule has 0 unspecified atom stereocenters. The van der Waals surface area contributed by atoms with Gasteiger partial charge in [0.2, 0.25) is 11.8 Å². The van der Waals surface area contributed by atoms with Crippen molar-refractivity contribution in [2.24, 2.45) is 0 Å². The van der Waals surface area contributed by atoms with Gasteiger partial charge in [-0.15, -0.1) is 0 Å². The zero-order valence-electron chi connectivity index (χ0n) is 13.2. The smallest absolute Gasteiger partial charge is 0.233 e. The van der Waals surface area contributed by atoms with Crippen LogP contribution in [0.2, 0.25) is 5.02 Å². The fourth-order valence-corrected chi connectivity index (χ4v) is 2.50. The number of benzene rings is 2. The number of carbonyl (C=O) groups excluding carboxylic acids is 2. The Balaban J connectivity index is 1.85. The van der Waals surface area contributed by atoms with E-state index in [0.29, 0.717) is 17.3 Å². The molecule has 2 aromatic carbocycles. The number of hydrogen-bond donors (Lipinski definition) is 2. The Morgan fingerprint density at radius 1 is 1.00 bits per heavy atom. The van der Waals surface area contributed by atoms with Gasteiger partial charge in [-0.25, -0.2) is 0 Å². The van der Waals surface area contributed by atoms with E-state index >= 15 is 0 Å². The zero-order chi connectivity index (χ0) is 16.8. The van der Waals surface area contributed by atoms with Gasteiger partial charge in [-0.1, -0.05) is 35.9 Å². The molecule has 0 aliphatic heterocycles. The van der Waals surface area contributed by atoms with Crippen molar-refractivity contribution in [2.75, 3.05) is 5.32 Å². The molecular formula is C18H19ClN2O2. The summed E-state index contributed by atoms with van der Waals surface area (Å²) in [5.74, 6) is -0.682. The predicted molar refractivity (Wildman–Crippen MR) is 92.5 cm³/mol. The number of carbonyl (C=O) groups is 2. The van der Waals surface area contributed by atoms with E-state index in [0.717, 1.165) is 16.7 Å². The molecule has 2 amide bonds. The quantitative estimate of drug-likeness (QED) is 0.823. The van der Waals surface area contributed by atoms with Gasteiger partial charge in [-0.3, -0.25) is 9.59 Å². The van der Waals surface area contributed by atoms with E-state index in [2.05, 4.69) is 10.6 Å². The van der Waals surface area contributed by atoms with Crippen molar-refractivity contribution in [1.29, 1.82) is 0 Å². The lowest BCUT2D eigenvalue weighted by molar-refractivity contribution is -0.126. The van der Waals surface area contributed by atoms with Crippen LogP contribution in [0, 0.1) is 13.8 Å². The van der Waals surface area contributed by atoms with Crippen LogP contribution in [0.5, 0.6) is 0 Å². The van der Waals surface area contributed by atoms with Crippen LogP contribution in [0.1, 0.15) is 23.1 Å². The number of aryl methyl sites for hydroxylation is 2. The molecule has 0 aliphatic rings. The maximum absolute atomic E-state index is 11.9. The van der Waals surface area contributed by atoms with Crippen molar-refractivity contribution in [3.8, 4) is 0 Å². The fourth-order valence-electron chi connectivity index (χ4n) is 2.30. The van der Waals surface area contributed by atoms with E-state index in [1.54, 1.807) is 6.07 Å². The lowest BCUT2D eigenvalue weighted by Gasteiger charge is -2.09. The topological polar surface area (TPSA) is 58.2 Å². The van der Waals surface area contributed by atoms with Gasteiger partial charge in [-0.2, -0.15) is 0 Å². The lowest BCUT2D eigenvalue weighted by Crippen LogP contribution is -2.27. The average molecular weight is 331 g/mol. The SMILES string of the molecule is Cc1cc(C)cc(NC(=O)CC(=O)NCc2ccccc2Cl)c1. The van der Waals surface area contributed by atoms with Crippen molar-refractivity contribution in [3.63, 3.8) is 0 Å². The van der Waals surface area contributed by atoms with E-state index in [9.17, 15) is 9.59 Å². The highest BCUT2D eigenvalue weighted by Crippen LogP contribution is 2.15. The average Bonchev–Trinajstić information content (AvgIpc) is 2.45. The molecule has 23 heavy (non-hydrogen) atoms. The van der Waals surface area contributed by atoms with Crippen LogP contribution >= 0.6 is 11.6 Å². The number of rotatable bonds is 5. The summed E-state index contributed by atoms with van der Waals surface area (Å²) in [5.41, 5.74) is 3.63. The Hall–Kier alpha value is -2.33. The number of nitrogens with one attached hydrogen (secondary N) is 2. The summed E-state index contributed by atoms with van der Waals surface area (Å²) in [5, 5.41) is 6.02. The van der Waals surface area contributed by atoms with Crippen LogP contribution in [-0.4, -0.2) is 11.8 Å². The van der Waals surface area contributed by atoms with Gasteiger partial charge in [0.25, 0.3) is 0 Å². The zero-order valence-corrected chi connectivity index (χ0v) is 13.9. The molecular weight excluding hydrogens is 312 g/mol. The lowest BCUT2D eigenvalue weighted by atomic mass is 10.1. The summed E-state index contributed by atoms with van der Waals surface area (Å²) in [4.78, 5) is 23.8. The van der Waals surface area contributed by atoms with Crippen molar-refractivity contribution in [1.82, 2.24) is 5.32 Å². The second-order valence-corrected chi connectivity index (χ2v) is 5.88. The maximum atomic E-state index is 11.9. The highest BCUT2D eigenvalue weighted by molar-refractivity contribution is 6.31. The molecule has 4 nitrogen and oxygen atoms in total. The van der Waals surface area contributed by atoms with Gasteiger partial charge in [-0.05, 0) is 48.7 Å². The summed E-state index contributed by atoms with van der Waals surface area (Å²) in [7, 11) is 0. The normalized spacial score (nSPS) is 10.2. The second-order valence-electron chi connectivity index (χ2n) is 5.47. The van der Waals surface area contributed by atoms with Gasteiger partial charge in [0.15, 0.2) is 0 Å². The van der Waals surface area contributed by atoms with E-state index in [-0.39, 0.29) is 18.2 Å². The van der Waals surface area contributed by atoms with Gasteiger partial charge >= 0.3 is 0 Å². The summed E-state index contributed by atoms with van der Waals surface area (Å²) in [6.45, 7) is 4.22. The van der Waals surface area contributed by atoms with Crippen LogP contribution in [0.25, 0.3) is 0 Å². The fraction of sp³-hybridized carbons (Fsp3) is 0.222. The van der Waals surface area contributed by atoms with Crippen LogP contribution in [0.3, 0.4) is 0 Å². The summed E-state index contributed by atoms with van der Waals surface area (Å²) in [6.07, 6.45) is -0.225. The van der Waals surface area contributed by atoms with Crippen LogP contribution in [0.4, 0.5) is 5.69 Å². The number of anilines is 1. The molecule has 0 aliphatic carbocycles. The van der Waals surface area contributed by atoms with Crippen molar-refractivity contribution >= 4 is 29.1 Å². The molecule has 120 valence electrons. The van der Waals surface area contributed by atoms with Crippen molar-refractivity contribution < 1.29 is 9.59 Å². The standard InChI is InChI=1S/C18H19ClN2O2/c1-12-7-13(2)9-15(8-12)21-18(23)10-17(22)20-11-14-5-3-4-6-16(14)19/h3-9H,10-11H2,1-2H3,(H,20,22)(H,21,23). The molecule has 2 N–H and O–H groups in total. The molecule has 0 fully saturated rings. The highest BCUT2D eigenvalue weighted by atomic mass is 35.5. The molecule has 0 atom stereocenters. The molecule has 0 bridgehead atoms. The highest BCUT2D eigenvalue weighted by Gasteiger charge is 2.10. The minimum absolute atomic E-state index is 0.225. The molecule has 0 saturated carbocycles. The third-order valence-electron chi connectivity index (χ3n) is 3.26. The molecule has 0 aromatic heterocycles. The minimum atomic E-state index is -0.341. The Kier molecular flexibility index (Phi) is 5.77. The number of amides is 2. The first-order chi connectivity index (χ1) is 10.9. The second kappa shape index (κ2) is 7.79. The summed E-state index contributed by atoms with van der Waals surface area (Å²) < 4.78 is 0. The first kappa shape index (κ1) is 17.0. The third-order valence-corrected chi connectivity index (χ3v) is 3.63. The first-order valence-corrected chi connectivity index (χ1v) is 7.70. The molecule has 0 radical (unpaired) electrons. The van der Waals surface area contributed by atoms with Gasteiger partial charge in [0.05, 0.1) is 0 Å². The third kappa shape index (κ3) is 5.42. The molecule has 0 saturated heterocycles. The maximum Gasteiger partial charge on any atom is 0.233 e. The summed E-state index contributed by atoms with van der Waals surface area (Å²) >= 11 is 6.02. The Bertz CT molecular complexity index is 708. The monoisotopic (exact) mass is 330 g/mol. The number of halogens is 1. The minimum Gasteiger partial charge on any atom is -0.352 e. The van der Waals surface area contributed by atoms with E-state index in [1.165, 1.54) is 0 Å². The van der Waals surface area contributed by atoms with Crippen molar-refractivity contribution in [2.45, 2.75) is 26.8 Å². The largest absolute Gasteiger partial charge is 0.352 e. The van der Waals surface area contributed by atoms with Gasteiger partial charge in [0.1, 0.15) is 6.42 Å². The van der Waals surface area contributed by atoms with Crippen LogP contribution in [0.15, 0.2) is 42.5 Å². The molecule has 0 spiro atoms. The van der Waals surface area contributed by atoms with Crippen LogP contribution < -0.4 is 10.6 Å². The molecule has 0 heterocycles.